The van der Waals surface area contributed by atoms with E-state index in [1.54, 1.807) is 12.3 Å². The minimum absolute atomic E-state index is 0.314. The molecule has 0 spiro atoms. The third kappa shape index (κ3) is 4.32. The number of aliphatic carboxylic acids is 1. The molecule has 2 heterocycles. The van der Waals surface area contributed by atoms with Crippen molar-refractivity contribution in [1.82, 2.24) is 10.1 Å². The summed E-state index contributed by atoms with van der Waals surface area (Å²) in [5, 5.41) is 17.1. The zero-order valence-electron chi connectivity index (χ0n) is 20.6. The van der Waals surface area contributed by atoms with Crippen LogP contribution in [-0.2, 0) is 10.2 Å². The Hall–Kier alpha value is -4.78. The van der Waals surface area contributed by atoms with Crippen molar-refractivity contribution < 1.29 is 18.8 Å². The molecule has 38 heavy (non-hydrogen) atoms. The molecular weight excluding hydrogens is 481 g/mol. The zero-order valence-corrected chi connectivity index (χ0v) is 20.6. The molecule has 0 amide bonds. The number of aryl methyl sites for hydroxylation is 1. The lowest BCUT2D eigenvalue weighted by molar-refractivity contribution is -0.140. The number of hydrogen-bond donors (Lipinski definition) is 2. The maximum Gasteiger partial charge on any atom is 0.314 e. The van der Waals surface area contributed by atoms with Gasteiger partial charge in [-0.05, 0) is 60.7 Å². The van der Waals surface area contributed by atoms with Gasteiger partial charge in [0.25, 0.3) is 0 Å². The van der Waals surface area contributed by atoms with Crippen LogP contribution in [0, 0.1) is 12.7 Å². The molecule has 3 aromatic carbocycles. The topological polar surface area (TPSA) is 88.2 Å². The predicted molar refractivity (Wildman–Crippen MR) is 144 cm³/mol. The van der Waals surface area contributed by atoms with Crippen molar-refractivity contribution >= 4 is 17.3 Å². The van der Waals surface area contributed by atoms with Crippen LogP contribution in [-0.4, -0.2) is 21.2 Å². The van der Waals surface area contributed by atoms with Crippen LogP contribution in [0.15, 0.2) is 95.6 Å². The lowest BCUT2D eigenvalue weighted by Crippen LogP contribution is -2.19. The molecule has 0 bridgehead atoms. The van der Waals surface area contributed by atoms with E-state index in [0.717, 1.165) is 33.6 Å². The van der Waals surface area contributed by atoms with Crippen LogP contribution in [0.3, 0.4) is 0 Å². The molecule has 1 saturated carbocycles. The molecule has 1 aliphatic rings. The van der Waals surface area contributed by atoms with Gasteiger partial charge in [0.2, 0.25) is 0 Å². The van der Waals surface area contributed by atoms with Crippen LogP contribution < -0.4 is 5.32 Å². The number of rotatable bonds is 7. The SMILES string of the molecule is Cc1noc(-c2ccc(-c3ccc(C4(C(=O)O)CC4)cc3)cc2)c1Nc1ccnc(-c2cccc(F)c2)c1. The third-order valence-electron chi connectivity index (χ3n) is 7.09. The maximum atomic E-state index is 13.7. The fourth-order valence-corrected chi connectivity index (χ4v) is 4.72. The van der Waals surface area contributed by atoms with Crippen LogP contribution >= 0.6 is 0 Å². The van der Waals surface area contributed by atoms with Crippen LogP contribution in [0.1, 0.15) is 24.1 Å². The Morgan fingerprint density at radius 3 is 2.26 bits per heavy atom. The lowest BCUT2D eigenvalue weighted by Gasteiger charge is -2.11. The van der Waals surface area contributed by atoms with E-state index in [-0.39, 0.29) is 5.82 Å². The van der Waals surface area contributed by atoms with Crippen molar-refractivity contribution in [1.29, 1.82) is 0 Å². The van der Waals surface area contributed by atoms with Crippen molar-refractivity contribution in [3.63, 3.8) is 0 Å². The first-order valence-electron chi connectivity index (χ1n) is 12.3. The highest BCUT2D eigenvalue weighted by molar-refractivity contribution is 5.85. The molecule has 5 aromatic rings. The van der Waals surface area contributed by atoms with Gasteiger partial charge in [-0.2, -0.15) is 0 Å². The number of nitrogens with zero attached hydrogens (tertiary/aromatic N) is 2. The number of anilines is 2. The highest BCUT2D eigenvalue weighted by atomic mass is 19.1. The number of aromatic nitrogens is 2. The summed E-state index contributed by atoms with van der Waals surface area (Å²) in [5.41, 5.74) is 6.59. The van der Waals surface area contributed by atoms with Gasteiger partial charge in [-0.25, -0.2) is 4.39 Å². The van der Waals surface area contributed by atoms with Crippen molar-refractivity contribution in [2.75, 3.05) is 5.32 Å². The van der Waals surface area contributed by atoms with Gasteiger partial charge in [0.15, 0.2) is 5.76 Å². The summed E-state index contributed by atoms with van der Waals surface area (Å²) in [5.74, 6) is -0.463. The van der Waals surface area contributed by atoms with E-state index in [0.29, 0.717) is 35.6 Å². The fourth-order valence-electron chi connectivity index (χ4n) is 4.72. The number of hydrogen-bond acceptors (Lipinski definition) is 5. The fraction of sp³-hybridized carbons (Fsp3) is 0.129. The number of pyridine rings is 1. The summed E-state index contributed by atoms with van der Waals surface area (Å²) in [7, 11) is 0. The number of carbonyl (C=O) groups is 1. The summed E-state index contributed by atoms with van der Waals surface area (Å²) in [6, 6.07) is 25.7. The van der Waals surface area contributed by atoms with Gasteiger partial charge in [-0.1, -0.05) is 65.8 Å². The largest absolute Gasteiger partial charge is 0.481 e. The van der Waals surface area contributed by atoms with Gasteiger partial charge in [-0.15, -0.1) is 0 Å². The van der Waals surface area contributed by atoms with Gasteiger partial charge >= 0.3 is 5.97 Å². The van der Waals surface area contributed by atoms with Gasteiger partial charge < -0.3 is 14.9 Å². The molecule has 0 atom stereocenters. The summed E-state index contributed by atoms with van der Waals surface area (Å²) < 4.78 is 19.4. The molecule has 0 radical (unpaired) electrons. The van der Waals surface area contributed by atoms with Crippen molar-refractivity contribution in [2.24, 2.45) is 0 Å². The average molecular weight is 506 g/mol. The van der Waals surface area contributed by atoms with E-state index < -0.39 is 11.4 Å². The normalized spacial score (nSPS) is 13.7. The molecule has 0 unspecified atom stereocenters. The molecule has 6 rings (SSSR count). The second-order valence-corrected chi connectivity index (χ2v) is 9.58. The van der Waals surface area contributed by atoms with Gasteiger partial charge in [-0.3, -0.25) is 9.78 Å². The minimum Gasteiger partial charge on any atom is -0.481 e. The Morgan fingerprint density at radius 2 is 1.61 bits per heavy atom. The monoisotopic (exact) mass is 505 g/mol. The van der Waals surface area contributed by atoms with E-state index in [1.807, 2.05) is 73.7 Å². The summed E-state index contributed by atoms with van der Waals surface area (Å²) in [6.07, 6.45) is 3.05. The number of benzene rings is 3. The lowest BCUT2D eigenvalue weighted by atomic mass is 9.93. The summed E-state index contributed by atoms with van der Waals surface area (Å²) in [6.45, 7) is 1.86. The number of carboxylic acids is 1. The van der Waals surface area contributed by atoms with Gasteiger partial charge in [0, 0.05) is 23.0 Å². The standard InChI is InChI=1S/C31H24FN3O3/c1-19-28(34-26-13-16-33-27(18-26)23-3-2-4-25(32)17-23)29(38-35-19)22-7-5-20(6-8-22)21-9-11-24(12-10-21)31(14-15-31)30(36)37/h2-13,16-18H,14-15H2,1H3,(H,33,34)(H,36,37). The quantitative estimate of drug-likeness (QED) is 0.240. The van der Waals surface area contributed by atoms with E-state index >= 15 is 0 Å². The first-order chi connectivity index (χ1) is 18.4. The first-order valence-corrected chi connectivity index (χ1v) is 12.3. The smallest absolute Gasteiger partial charge is 0.314 e. The van der Waals surface area contributed by atoms with E-state index in [2.05, 4.69) is 15.5 Å². The Balaban J connectivity index is 1.24. The molecular formula is C31H24FN3O3. The molecule has 7 heteroatoms. The molecule has 2 aromatic heterocycles. The Morgan fingerprint density at radius 1 is 0.921 bits per heavy atom. The highest BCUT2D eigenvalue weighted by Crippen LogP contribution is 2.48. The van der Waals surface area contributed by atoms with E-state index in [4.69, 9.17) is 4.52 Å². The Bertz CT molecular complexity index is 1640. The predicted octanol–water partition coefficient (Wildman–Crippen LogP) is 7.38. The molecule has 0 saturated heterocycles. The number of halogens is 1. The van der Waals surface area contributed by atoms with E-state index in [1.165, 1.54) is 12.1 Å². The molecule has 1 aliphatic carbocycles. The second kappa shape index (κ2) is 9.27. The Labute approximate surface area is 218 Å². The molecule has 6 nitrogen and oxygen atoms in total. The maximum absolute atomic E-state index is 13.7. The van der Waals surface area contributed by atoms with Crippen LogP contribution in [0.25, 0.3) is 33.7 Å². The summed E-state index contributed by atoms with van der Waals surface area (Å²) >= 11 is 0. The van der Waals surface area contributed by atoms with Crippen molar-refractivity contribution in [3.8, 4) is 33.7 Å². The van der Waals surface area contributed by atoms with Crippen molar-refractivity contribution in [2.45, 2.75) is 25.2 Å². The van der Waals surface area contributed by atoms with E-state index in [9.17, 15) is 14.3 Å². The Kier molecular flexibility index (Phi) is 5.76. The number of carboxylic acid groups (broad SMARTS) is 1. The van der Waals surface area contributed by atoms with Gasteiger partial charge in [0.05, 0.1) is 11.1 Å². The molecule has 2 N–H and O–H groups in total. The van der Waals surface area contributed by atoms with Crippen molar-refractivity contribution in [3.05, 3.63) is 108 Å². The average Bonchev–Trinajstić information content (AvgIpc) is 3.68. The highest BCUT2D eigenvalue weighted by Gasteiger charge is 2.51. The summed E-state index contributed by atoms with van der Waals surface area (Å²) in [4.78, 5) is 16.0. The molecule has 188 valence electrons. The first kappa shape index (κ1) is 23.6. The van der Waals surface area contributed by atoms with Crippen LogP contribution in [0.4, 0.5) is 15.8 Å². The second-order valence-electron chi connectivity index (χ2n) is 9.58. The van der Waals surface area contributed by atoms with Crippen LogP contribution in [0.2, 0.25) is 0 Å². The minimum atomic E-state index is -0.752. The van der Waals surface area contributed by atoms with Gasteiger partial charge in [0.1, 0.15) is 17.2 Å². The van der Waals surface area contributed by atoms with Crippen LogP contribution in [0.5, 0.6) is 0 Å². The zero-order chi connectivity index (χ0) is 26.3. The number of nitrogens with one attached hydrogen (secondary N) is 1. The molecule has 1 fully saturated rings. The molecule has 0 aliphatic heterocycles. The third-order valence-corrected chi connectivity index (χ3v) is 7.09.